The number of aliphatic hydroxyl groups is 2. The molecule has 0 saturated carbocycles. The van der Waals surface area contributed by atoms with Crippen LogP contribution < -0.4 is 11.1 Å². The zero-order valence-electron chi connectivity index (χ0n) is 10.3. The lowest BCUT2D eigenvalue weighted by Gasteiger charge is -2.20. The number of anilines is 1. The van der Waals surface area contributed by atoms with E-state index >= 15 is 0 Å². The van der Waals surface area contributed by atoms with Crippen LogP contribution in [-0.2, 0) is 4.79 Å². The van der Waals surface area contributed by atoms with E-state index in [4.69, 9.17) is 10.8 Å². The van der Waals surface area contributed by atoms with E-state index in [0.717, 1.165) is 0 Å². The summed E-state index contributed by atoms with van der Waals surface area (Å²) >= 11 is 0. The third kappa shape index (κ3) is 3.67. The molecule has 7 heteroatoms. The van der Waals surface area contributed by atoms with Gasteiger partial charge in [0.05, 0.1) is 5.56 Å². The molecule has 0 aliphatic carbocycles. The highest BCUT2D eigenvalue weighted by Crippen LogP contribution is 2.25. The standard InChI is InChI=1S/C12H16N2O5/c1-6(15)14-5-9(16)11(17)7-3-2-4-8(13)10(7)12(18)19/h2-4,9,11,16-17H,5,13H2,1H3,(H,14,15)(H,18,19). The van der Waals surface area contributed by atoms with Crippen LogP contribution in [0, 0.1) is 0 Å². The summed E-state index contributed by atoms with van der Waals surface area (Å²) in [6.45, 7) is 1.08. The minimum absolute atomic E-state index is 0.00391. The summed E-state index contributed by atoms with van der Waals surface area (Å²) in [4.78, 5) is 21.8. The molecule has 0 aromatic heterocycles. The molecule has 0 saturated heterocycles. The van der Waals surface area contributed by atoms with Crippen LogP contribution in [-0.4, -0.2) is 39.8 Å². The maximum atomic E-state index is 11.1. The van der Waals surface area contributed by atoms with E-state index in [1.165, 1.54) is 25.1 Å². The van der Waals surface area contributed by atoms with E-state index in [0.29, 0.717) is 0 Å². The molecule has 1 rings (SSSR count). The van der Waals surface area contributed by atoms with Crippen LogP contribution >= 0.6 is 0 Å². The van der Waals surface area contributed by atoms with Gasteiger partial charge >= 0.3 is 5.97 Å². The maximum Gasteiger partial charge on any atom is 0.338 e. The molecule has 0 radical (unpaired) electrons. The van der Waals surface area contributed by atoms with Gasteiger partial charge in [-0.2, -0.15) is 0 Å². The Morgan fingerprint density at radius 3 is 2.53 bits per heavy atom. The molecule has 104 valence electrons. The fourth-order valence-electron chi connectivity index (χ4n) is 1.65. The van der Waals surface area contributed by atoms with E-state index in [-0.39, 0.29) is 29.3 Å². The van der Waals surface area contributed by atoms with Gasteiger partial charge < -0.3 is 26.4 Å². The molecule has 0 fully saturated rings. The SMILES string of the molecule is CC(=O)NCC(O)C(O)c1cccc(N)c1C(=O)O. The van der Waals surface area contributed by atoms with Crippen molar-refractivity contribution in [2.45, 2.75) is 19.1 Å². The molecule has 0 aliphatic heterocycles. The molecule has 6 N–H and O–H groups in total. The van der Waals surface area contributed by atoms with Gasteiger partial charge in [-0.15, -0.1) is 0 Å². The summed E-state index contributed by atoms with van der Waals surface area (Å²) in [5.41, 5.74) is 5.29. The molecule has 19 heavy (non-hydrogen) atoms. The monoisotopic (exact) mass is 268 g/mol. The summed E-state index contributed by atoms with van der Waals surface area (Å²) < 4.78 is 0. The van der Waals surface area contributed by atoms with Gasteiger partial charge in [0, 0.05) is 19.2 Å². The molecule has 2 unspecified atom stereocenters. The third-order valence-electron chi connectivity index (χ3n) is 2.59. The topological polar surface area (TPSA) is 133 Å². The molecule has 1 aromatic rings. The predicted molar refractivity (Wildman–Crippen MR) is 67.5 cm³/mol. The van der Waals surface area contributed by atoms with Crippen molar-refractivity contribution in [3.05, 3.63) is 29.3 Å². The van der Waals surface area contributed by atoms with Crippen LogP contribution in [0.1, 0.15) is 28.9 Å². The second-order valence-corrected chi connectivity index (χ2v) is 4.07. The smallest absolute Gasteiger partial charge is 0.338 e. The zero-order chi connectivity index (χ0) is 14.6. The first-order chi connectivity index (χ1) is 8.84. The minimum atomic E-state index is -1.46. The highest BCUT2D eigenvalue weighted by molar-refractivity contribution is 5.95. The number of carboxylic acids is 1. The molecule has 0 bridgehead atoms. The number of aromatic carboxylic acids is 1. The number of aliphatic hydroxyl groups excluding tert-OH is 2. The number of rotatable bonds is 5. The van der Waals surface area contributed by atoms with E-state index < -0.39 is 18.2 Å². The number of amides is 1. The fraction of sp³-hybridized carbons (Fsp3) is 0.333. The fourth-order valence-corrected chi connectivity index (χ4v) is 1.65. The van der Waals surface area contributed by atoms with Crippen LogP contribution in [0.5, 0.6) is 0 Å². The summed E-state index contributed by atoms with van der Waals surface area (Å²) in [6, 6.07) is 4.23. The van der Waals surface area contributed by atoms with Gasteiger partial charge in [0.15, 0.2) is 0 Å². The van der Waals surface area contributed by atoms with Crippen molar-refractivity contribution in [1.82, 2.24) is 5.32 Å². The Balaban J connectivity index is 2.99. The number of nitrogens with two attached hydrogens (primary N) is 1. The van der Waals surface area contributed by atoms with Gasteiger partial charge in [-0.3, -0.25) is 4.79 Å². The summed E-state index contributed by atoms with van der Waals surface area (Å²) in [5, 5.41) is 31.0. The van der Waals surface area contributed by atoms with Crippen LogP contribution in [0.25, 0.3) is 0 Å². The van der Waals surface area contributed by atoms with Gasteiger partial charge in [0.1, 0.15) is 12.2 Å². The summed E-state index contributed by atoms with van der Waals surface area (Å²) in [7, 11) is 0. The summed E-state index contributed by atoms with van der Waals surface area (Å²) in [6.07, 6.45) is -2.79. The quantitative estimate of drug-likeness (QED) is 0.457. The maximum absolute atomic E-state index is 11.1. The van der Waals surface area contributed by atoms with Crippen LogP contribution in [0.4, 0.5) is 5.69 Å². The van der Waals surface area contributed by atoms with Crippen molar-refractivity contribution in [1.29, 1.82) is 0 Å². The number of carbonyl (C=O) groups excluding carboxylic acids is 1. The first-order valence-electron chi connectivity index (χ1n) is 5.56. The zero-order valence-corrected chi connectivity index (χ0v) is 10.3. The highest BCUT2D eigenvalue weighted by atomic mass is 16.4. The number of benzene rings is 1. The van der Waals surface area contributed by atoms with E-state index in [1.54, 1.807) is 0 Å². The second kappa shape index (κ2) is 6.17. The predicted octanol–water partition coefficient (Wildman–Crippen LogP) is -0.503. The normalized spacial score (nSPS) is 13.6. The average molecular weight is 268 g/mol. The van der Waals surface area contributed by atoms with Gasteiger partial charge in [-0.25, -0.2) is 4.79 Å². The van der Waals surface area contributed by atoms with Crippen molar-refractivity contribution in [2.24, 2.45) is 0 Å². The van der Waals surface area contributed by atoms with E-state index in [1.807, 2.05) is 0 Å². The molecule has 0 spiro atoms. The molecule has 0 aliphatic rings. The Hall–Kier alpha value is -2.12. The van der Waals surface area contributed by atoms with Gasteiger partial charge in [0.2, 0.25) is 5.91 Å². The molecular formula is C12H16N2O5. The Labute approximate surface area is 109 Å². The molecular weight excluding hydrogens is 252 g/mol. The molecule has 0 heterocycles. The lowest BCUT2D eigenvalue weighted by Crippen LogP contribution is -2.34. The van der Waals surface area contributed by atoms with Gasteiger partial charge in [-0.1, -0.05) is 12.1 Å². The van der Waals surface area contributed by atoms with Crippen molar-refractivity contribution < 1.29 is 24.9 Å². The number of nitrogen functional groups attached to an aromatic ring is 1. The van der Waals surface area contributed by atoms with Gasteiger partial charge in [0.25, 0.3) is 0 Å². The lowest BCUT2D eigenvalue weighted by atomic mass is 9.97. The van der Waals surface area contributed by atoms with Crippen LogP contribution in [0.15, 0.2) is 18.2 Å². The first-order valence-corrected chi connectivity index (χ1v) is 5.56. The van der Waals surface area contributed by atoms with Crippen molar-refractivity contribution in [2.75, 3.05) is 12.3 Å². The van der Waals surface area contributed by atoms with E-state index in [9.17, 15) is 19.8 Å². The second-order valence-electron chi connectivity index (χ2n) is 4.07. The first kappa shape index (κ1) is 14.9. The third-order valence-corrected chi connectivity index (χ3v) is 2.59. The van der Waals surface area contributed by atoms with E-state index in [2.05, 4.69) is 5.32 Å². The van der Waals surface area contributed by atoms with Gasteiger partial charge in [-0.05, 0) is 11.6 Å². The molecule has 7 nitrogen and oxygen atoms in total. The number of hydrogen-bond acceptors (Lipinski definition) is 5. The Morgan fingerprint density at radius 1 is 1.37 bits per heavy atom. The van der Waals surface area contributed by atoms with Crippen molar-refractivity contribution in [3.8, 4) is 0 Å². The van der Waals surface area contributed by atoms with Crippen LogP contribution in [0.3, 0.4) is 0 Å². The highest BCUT2D eigenvalue weighted by Gasteiger charge is 2.25. The average Bonchev–Trinajstić information content (AvgIpc) is 2.34. The Bertz CT molecular complexity index is 489. The number of carboxylic acid groups (broad SMARTS) is 1. The lowest BCUT2D eigenvalue weighted by molar-refractivity contribution is -0.119. The van der Waals surface area contributed by atoms with Crippen molar-refractivity contribution >= 4 is 17.6 Å². The molecule has 2 atom stereocenters. The Morgan fingerprint density at radius 2 is 2.00 bits per heavy atom. The molecule has 1 amide bonds. The van der Waals surface area contributed by atoms with Crippen LogP contribution in [0.2, 0.25) is 0 Å². The number of nitrogens with one attached hydrogen (secondary N) is 1. The largest absolute Gasteiger partial charge is 0.478 e. The summed E-state index contributed by atoms with van der Waals surface area (Å²) in [5.74, 6) is -1.66. The Kier molecular flexibility index (Phi) is 4.85. The minimum Gasteiger partial charge on any atom is -0.478 e. The number of hydrogen-bond donors (Lipinski definition) is 5. The van der Waals surface area contributed by atoms with Crippen molar-refractivity contribution in [3.63, 3.8) is 0 Å². The number of carbonyl (C=O) groups is 2. The molecule has 1 aromatic carbocycles.